The third-order valence-corrected chi connectivity index (χ3v) is 4.24. The first-order valence-corrected chi connectivity index (χ1v) is 8.19. The highest BCUT2D eigenvalue weighted by Crippen LogP contribution is 2.23. The van der Waals surface area contributed by atoms with Crippen molar-refractivity contribution in [3.8, 4) is 10.8 Å². The summed E-state index contributed by atoms with van der Waals surface area (Å²) in [6, 6.07) is 9.69. The van der Waals surface area contributed by atoms with E-state index in [2.05, 4.69) is 10.3 Å². The third kappa shape index (κ3) is 3.87. The van der Waals surface area contributed by atoms with Gasteiger partial charge in [-0.15, -0.1) is 11.3 Å². The van der Waals surface area contributed by atoms with Gasteiger partial charge >= 0.3 is 0 Å². The Morgan fingerprint density at radius 2 is 2.17 bits per heavy atom. The topological polar surface area (TPSA) is 75.4 Å². The van der Waals surface area contributed by atoms with Crippen molar-refractivity contribution in [3.05, 3.63) is 65.1 Å². The lowest BCUT2D eigenvalue weighted by Crippen LogP contribution is -2.30. The van der Waals surface area contributed by atoms with Gasteiger partial charge in [-0.3, -0.25) is 4.79 Å². The Balaban J connectivity index is 1.54. The molecular weight excluding hydrogens is 331 g/mol. The number of carbonyl (C=O) groups excluding carboxylic acids is 1. The number of aliphatic hydroxyl groups excluding tert-OH is 1. The molecule has 2 N–H and O–H groups in total. The number of thiophene rings is 1. The summed E-state index contributed by atoms with van der Waals surface area (Å²) in [6.07, 6.45) is 0.356. The van der Waals surface area contributed by atoms with E-state index >= 15 is 0 Å². The second-order valence-electron chi connectivity index (χ2n) is 5.14. The van der Waals surface area contributed by atoms with Crippen LogP contribution in [-0.4, -0.2) is 22.5 Å². The van der Waals surface area contributed by atoms with E-state index in [0.717, 1.165) is 4.88 Å². The van der Waals surface area contributed by atoms with E-state index in [1.807, 2.05) is 17.5 Å². The summed E-state index contributed by atoms with van der Waals surface area (Å²) in [5.41, 5.74) is 0.649. The summed E-state index contributed by atoms with van der Waals surface area (Å²) in [7, 11) is 0. The summed E-state index contributed by atoms with van der Waals surface area (Å²) in [5, 5.41) is 14.4. The van der Waals surface area contributed by atoms with Crippen LogP contribution in [0.25, 0.3) is 10.8 Å². The van der Waals surface area contributed by atoms with E-state index in [1.165, 1.54) is 29.7 Å². The van der Waals surface area contributed by atoms with E-state index in [1.54, 1.807) is 12.1 Å². The molecule has 24 heavy (non-hydrogen) atoms. The number of aromatic nitrogens is 1. The Labute approximate surface area is 141 Å². The number of rotatable bonds is 6. The van der Waals surface area contributed by atoms with E-state index in [0.29, 0.717) is 11.6 Å². The molecule has 0 aliphatic heterocycles. The molecule has 1 amide bonds. The zero-order valence-corrected chi connectivity index (χ0v) is 13.4. The van der Waals surface area contributed by atoms with Crippen molar-refractivity contribution in [3.63, 3.8) is 0 Å². The minimum Gasteiger partial charge on any atom is -0.444 e. The number of nitrogens with zero attached hydrogens (tertiary/aromatic N) is 1. The third-order valence-electron chi connectivity index (χ3n) is 3.38. The van der Waals surface area contributed by atoms with Crippen LogP contribution in [0.3, 0.4) is 0 Å². The highest BCUT2D eigenvalue weighted by atomic mass is 32.1. The molecule has 2 heterocycles. The molecule has 0 saturated heterocycles. The monoisotopic (exact) mass is 346 g/mol. The van der Waals surface area contributed by atoms with E-state index in [4.69, 9.17) is 4.42 Å². The first kappa shape index (κ1) is 16.4. The molecule has 3 aromatic rings. The maximum atomic E-state index is 13.6. The highest BCUT2D eigenvalue weighted by Gasteiger charge is 2.15. The van der Waals surface area contributed by atoms with E-state index in [9.17, 15) is 14.3 Å². The maximum absolute atomic E-state index is 13.6. The lowest BCUT2D eigenvalue weighted by Gasteiger charge is -2.12. The molecule has 0 saturated carbocycles. The van der Waals surface area contributed by atoms with Crippen LogP contribution in [0.2, 0.25) is 0 Å². The number of aliphatic hydroxyl groups is 1. The molecule has 0 aliphatic carbocycles. The summed E-state index contributed by atoms with van der Waals surface area (Å²) in [6.45, 7) is -0.0740. The average Bonchev–Trinajstić information content (AvgIpc) is 3.24. The van der Waals surface area contributed by atoms with Crippen LogP contribution >= 0.6 is 11.3 Å². The van der Waals surface area contributed by atoms with Gasteiger partial charge in [0.15, 0.2) is 0 Å². The Kier molecular flexibility index (Phi) is 5.02. The molecule has 2 aromatic heterocycles. The first-order valence-electron chi connectivity index (χ1n) is 7.31. The predicted molar refractivity (Wildman–Crippen MR) is 87.9 cm³/mol. The molecular formula is C17H15FN2O3S. The molecule has 0 radical (unpaired) electrons. The van der Waals surface area contributed by atoms with Gasteiger partial charge in [-0.25, -0.2) is 9.37 Å². The minimum absolute atomic E-state index is 0.0267. The zero-order chi connectivity index (χ0) is 16.9. The van der Waals surface area contributed by atoms with Crippen LogP contribution in [0.4, 0.5) is 4.39 Å². The predicted octanol–water partition coefficient (Wildman–Crippen LogP) is 2.93. The van der Waals surface area contributed by atoms with Crippen LogP contribution < -0.4 is 5.32 Å². The molecule has 0 aliphatic rings. The summed E-state index contributed by atoms with van der Waals surface area (Å²) >= 11 is 1.50. The Morgan fingerprint density at radius 3 is 2.92 bits per heavy atom. The van der Waals surface area contributed by atoms with Crippen LogP contribution in [0, 0.1) is 5.82 Å². The number of hydrogen-bond donors (Lipinski definition) is 2. The van der Waals surface area contributed by atoms with Crippen LogP contribution in [-0.2, 0) is 11.2 Å². The van der Waals surface area contributed by atoms with Crippen LogP contribution in [0.5, 0.6) is 0 Å². The molecule has 0 fully saturated rings. The summed E-state index contributed by atoms with van der Waals surface area (Å²) in [5.74, 6) is -0.355. The molecule has 7 heteroatoms. The Hall–Kier alpha value is -2.51. The number of carbonyl (C=O) groups is 1. The molecule has 1 unspecified atom stereocenters. The molecule has 124 valence electrons. The molecule has 1 aromatic carbocycles. The van der Waals surface area contributed by atoms with Crippen molar-refractivity contribution in [2.45, 2.75) is 12.5 Å². The SMILES string of the molecule is O=C(Cc1coc(-c2cccs2)n1)NCC(O)c1ccccc1F. The minimum atomic E-state index is -1.10. The van der Waals surface area contributed by atoms with Gasteiger partial charge in [0.2, 0.25) is 11.8 Å². The second-order valence-corrected chi connectivity index (χ2v) is 6.09. The fourth-order valence-electron chi connectivity index (χ4n) is 2.19. The van der Waals surface area contributed by atoms with Gasteiger partial charge in [0.1, 0.15) is 12.1 Å². The largest absolute Gasteiger partial charge is 0.444 e. The lowest BCUT2D eigenvalue weighted by molar-refractivity contribution is -0.121. The fourth-order valence-corrected chi connectivity index (χ4v) is 2.85. The Bertz CT molecular complexity index is 817. The van der Waals surface area contributed by atoms with Crippen molar-refractivity contribution in [2.75, 3.05) is 6.54 Å². The van der Waals surface area contributed by atoms with Gasteiger partial charge in [-0.1, -0.05) is 24.3 Å². The van der Waals surface area contributed by atoms with Crippen molar-refractivity contribution >= 4 is 17.2 Å². The maximum Gasteiger partial charge on any atom is 0.236 e. The number of nitrogens with one attached hydrogen (secondary N) is 1. The van der Waals surface area contributed by atoms with Gasteiger partial charge in [0.25, 0.3) is 0 Å². The number of hydrogen-bond acceptors (Lipinski definition) is 5. The number of halogens is 1. The lowest BCUT2D eigenvalue weighted by atomic mass is 10.1. The highest BCUT2D eigenvalue weighted by molar-refractivity contribution is 7.13. The molecule has 0 bridgehead atoms. The number of benzene rings is 1. The van der Waals surface area contributed by atoms with Gasteiger partial charge < -0.3 is 14.8 Å². The standard InChI is InChI=1S/C17H15FN2O3S/c18-13-5-2-1-4-12(13)14(21)9-19-16(22)8-11-10-23-17(20-11)15-6-3-7-24-15/h1-7,10,14,21H,8-9H2,(H,19,22). The van der Waals surface area contributed by atoms with E-state index in [-0.39, 0.29) is 24.4 Å². The summed E-state index contributed by atoms with van der Waals surface area (Å²) in [4.78, 5) is 17.1. The smallest absolute Gasteiger partial charge is 0.236 e. The van der Waals surface area contributed by atoms with Crippen LogP contribution in [0.15, 0.2) is 52.5 Å². The van der Waals surface area contributed by atoms with Crippen molar-refractivity contribution in [2.24, 2.45) is 0 Å². The quantitative estimate of drug-likeness (QED) is 0.720. The second kappa shape index (κ2) is 7.37. The zero-order valence-electron chi connectivity index (χ0n) is 12.6. The van der Waals surface area contributed by atoms with Crippen molar-refractivity contribution in [1.29, 1.82) is 0 Å². The van der Waals surface area contributed by atoms with E-state index < -0.39 is 11.9 Å². The fraction of sp³-hybridized carbons (Fsp3) is 0.176. The van der Waals surface area contributed by atoms with Gasteiger partial charge in [-0.05, 0) is 17.5 Å². The molecule has 0 spiro atoms. The molecule has 1 atom stereocenters. The normalized spacial score (nSPS) is 12.1. The summed E-state index contributed by atoms with van der Waals surface area (Å²) < 4.78 is 18.9. The van der Waals surface area contributed by atoms with Crippen LogP contribution in [0.1, 0.15) is 17.4 Å². The van der Waals surface area contributed by atoms with Crippen molar-refractivity contribution in [1.82, 2.24) is 10.3 Å². The number of amides is 1. The number of oxazole rings is 1. The van der Waals surface area contributed by atoms with Gasteiger partial charge in [0, 0.05) is 12.1 Å². The molecule has 5 nitrogen and oxygen atoms in total. The van der Waals surface area contributed by atoms with Gasteiger partial charge in [0.05, 0.1) is 23.1 Å². The van der Waals surface area contributed by atoms with Gasteiger partial charge in [-0.2, -0.15) is 0 Å². The average molecular weight is 346 g/mol. The Morgan fingerprint density at radius 1 is 1.33 bits per heavy atom. The van der Waals surface area contributed by atoms with Crippen molar-refractivity contribution < 1.29 is 18.7 Å². The first-order chi connectivity index (χ1) is 11.6. The molecule has 3 rings (SSSR count).